The number of likely N-dealkylation sites (tertiary alicyclic amines) is 1. The number of carbonyl (C=O) groups excluding carboxylic acids is 2. The fourth-order valence-electron chi connectivity index (χ4n) is 3.19. The lowest BCUT2D eigenvalue weighted by atomic mass is 10.1. The summed E-state index contributed by atoms with van der Waals surface area (Å²) in [6.45, 7) is 1.69. The van der Waals surface area contributed by atoms with E-state index >= 15 is 0 Å². The normalized spacial score (nSPS) is 22.4. The van der Waals surface area contributed by atoms with E-state index in [0.29, 0.717) is 5.56 Å². The number of carbonyl (C=O) groups is 3. The van der Waals surface area contributed by atoms with Crippen molar-refractivity contribution >= 4 is 18.0 Å². The van der Waals surface area contributed by atoms with Crippen LogP contribution in [-0.2, 0) is 27.4 Å². The molecule has 2 aliphatic heterocycles. The van der Waals surface area contributed by atoms with Crippen molar-refractivity contribution in [1.29, 1.82) is 0 Å². The number of benzene rings is 1. The summed E-state index contributed by atoms with van der Waals surface area (Å²) >= 11 is 0. The van der Waals surface area contributed by atoms with Crippen LogP contribution in [0.1, 0.15) is 24.5 Å². The van der Waals surface area contributed by atoms with Gasteiger partial charge in [-0.15, -0.1) is 0 Å². The highest BCUT2D eigenvalue weighted by Crippen LogP contribution is 2.27. The van der Waals surface area contributed by atoms with Gasteiger partial charge in [-0.2, -0.15) is 0 Å². The van der Waals surface area contributed by atoms with Crippen molar-refractivity contribution in [2.45, 2.75) is 38.6 Å². The molecule has 24 heavy (non-hydrogen) atoms. The van der Waals surface area contributed by atoms with Crippen molar-refractivity contribution in [2.24, 2.45) is 0 Å². The molecule has 8 heteroatoms. The minimum Gasteiger partial charge on any atom is -0.480 e. The average molecular weight is 336 g/mol. The Morgan fingerprint density at radius 1 is 1.29 bits per heavy atom. The van der Waals surface area contributed by atoms with Crippen LogP contribution >= 0.6 is 0 Å². The molecule has 0 aliphatic carbocycles. The Bertz CT molecular complexity index is 686. The van der Waals surface area contributed by atoms with Crippen molar-refractivity contribution in [2.75, 3.05) is 6.54 Å². The van der Waals surface area contributed by atoms with Crippen LogP contribution in [0.5, 0.6) is 0 Å². The van der Waals surface area contributed by atoms with E-state index in [1.165, 1.54) is 22.8 Å². The summed E-state index contributed by atoms with van der Waals surface area (Å²) in [6.07, 6.45) is -1.27. The van der Waals surface area contributed by atoms with Gasteiger partial charge in [0.25, 0.3) is 0 Å². The van der Waals surface area contributed by atoms with Gasteiger partial charge in [-0.3, -0.25) is 9.69 Å². The van der Waals surface area contributed by atoms with E-state index in [2.05, 4.69) is 0 Å². The summed E-state index contributed by atoms with van der Waals surface area (Å²) in [5, 5.41) is 9.16. The average Bonchev–Trinajstić information content (AvgIpc) is 3.12. The molecule has 0 unspecified atom stereocenters. The maximum atomic E-state index is 13.7. The summed E-state index contributed by atoms with van der Waals surface area (Å²) in [4.78, 5) is 37.5. The Balaban J connectivity index is 1.64. The number of rotatable bonds is 2. The number of carboxylic acids is 1. The van der Waals surface area contributed by atoms with Crippen molar-refractivity contribution in [1.82, 2.24) is 9.80 Å². The quantitative estimate of drug-likeness (QED) is 0.881. The molecule has 0 saturated carbocycles. The van der Waals surface area contributed by atoms with E-state index in [0.717, 1.165) is 5.56 Å². The zero-order chi connectivity index (χ0) is 17.4. The van der Waals surface area contributed by atoms with Crippen LogP contribution in [0.2, 0.25) is 0 Å². The molecule has 0 aromatic heterocycles. The molecular formula is C16H17FN2O5. The molecular weight excluding hydrogens is 319 g/mol. The first-order chi connectivity index (χ1) is 11.4. The monoisotopic (exact) mass is 336 g/mol. The first-order valence-corrected chi connectivity index (χ1v) is 7.58. The number of ether oxygens (including phenoxy) is 1. The van der Waals surface area contributed by atoms with Crippen LogP contribution in [0.25, 0.3) is 0 Å². The van der Waals surface area contributed by atoms with Crippen LogP contribution in [-0.4, -0.2) is 51.6 Å². The topological polar surface area (TPSA) is 87.2 Å². The smallest absolute Gasteiger partial charge is 0.410 e. The Hall–Kier alpha value is -2.64. The number of nitrogens with zero attached hydrogens (tertiary/aromatic N) is 2. The Morgan fingerprint density at radius 2 is 2.04 bits per heavy atom. The summed E-state index contributed by atoms with van der Waals surface area (Å²) in [7, 11) is 0. The van der Waals surface area contributed by atoms with Gasteiger partial charge in [-0.05, 0) is 11.6 Å². The highest BCUT2D eigenvalue weighted by Gasteiger charge is 2.41. The molecule has 7 nitrogen and oxygen atoms in total. The number of carboxylic acid groups (broad SMARTS) is 1. The van der Waals surface area contributed by atoms with Gasteiger partial charge in [0.2, 0.25) is 5.91 Å². The number of hydrogen-bond acceptors (Lipinski definition) is 4. The van der Waals surface area contributed by atoms with Gasteiger partial charge >= 0.3 is 12.1 Å². The fraction of sp³-hybridized carbons (Fsp3) is 0.438. The van der Waals surface area contributed by atoms with Crippen LogP contribution in [0.15, 0.2) is 18.2 Å². The number of amides is 2. The molecule has 128 valence electrons. The molecule has 1 aromatic rings. The minimum absolute atomic E-state index is 0.0488. The van der Waals surface area contributed by atoms with Gasteiger partial charge in [0, 0.05) is 25.5 Å². The Kier molecular flexibility index (Phi) is 4.13. The first-order valence-electron chi connectivity index (χ1n) is 7.58. The number of hydrogen-bond donors (Lipinski definition) is 1. The van der Waals surface area contributed by atoms with E-state index in [-0.39, 0.29) is 37.8 Å². The summed E-state index contributed by atoms with van der Waals surface area (Å²) in [5.74, 6) is -1.87. The molecule has 2 heterocycles. The van der Waals surface area contributed by atoms with Crippen LogP contribution in [0.3, 0.4) is 0 Å². The highest BCUT2D eigenvalue weighted by atomic mass is 19.1. The van der Waals surface area contributed by atoms with Gasteiger partial charge in [0.15, 0.2) is 0 Å². The molecule has 1 saturated heterocycles. The predicted molar refractivity (Wildman–Crippen MR) is 79.3 cm³/mol. The second-order valence-electron chi connectivity index (χ2n) is 6.00. The highest BCUT2D eigenvalue weighted by molar-refractivity contribution is 5.83. The number of halogens is 1. The maximum Gasteiger partial charge on any atom is 0.410 e. The van der Waals surface area contributed by atoms with Crippen molar-refractivity contribution in [3.05, 3.63) is 35.1 Å². The largest absolute Gasteiger partial charge is 0.480 e. The molecule has 0 spiro atoms. The van der Waals surface area contributed by atoms with Crippen LogP contribution < -0.4 is 0 Å². The Labute approximate surface area is 137 Å². The van der Waals surface area contributed by atoms with E-state index in [1.807, 2.05) is 0 Å². The lowest BCUT2D eigenvalue weighted by Gasteiger charge is -2.20. The van der Waals surface area contributed by atoms with Crippen molar-refractivity contribution in [3.63, 3.8) is 0 Å². The van der Waals surface area contributed by atoms with Crippen LogP contribution in [0, 0.1) is 5.82 Å². The minimum atomic E-state index is -1.13. The number of fused-ring (bicyclic) bond motifs is 1. The summed E-state index contributed by atoms with van der Waals surface area (Å²) in [6, 6.07) is 3.68. The third-order valence-electron chi connectivity index (χ3n) is 4.40. The summed E-state index contributed by atoms with van der Waals surface area (Å²) in [5.41, 5.74) is 1.20. The van der Waals surface area contributed by atoms with Gasteiger partial charge in [0.05, 0.1) is 13.1 Å². The van der Waals surface area contributed by atoms with Crippen molar-refractivity contribution < 1.29 is 28.6 Å². The number of aliphatic carboxylic acids is 1. The standard InChI is InChI=1S/C16H17FN2O5/c1-9(20)19-7-11(5-14(19)15(21)22)24-16(23)18-6-10-3-2-4-13(17)12(10)8-18/h2-4,11,14H,5-8H2,1H3,(H,21,22)/t11-,14+/m1/s1. The molecule has 3 rings (SSSR count). The molecule has 1 N–H and O–H groups in total. The van der Waals surface area contributed by atoms with Gasteiger partial charge < -0.3 is 14.7 Å². The fourth-order valence-corrected chi connectivity index (χ4v) is 3.19. The van der Waals surface area contributed by atoms with E-state index in [1.54, 1.807) is 12.1 Å². The van der Waals surface area contributed by atoms with Crippen molar-refractivity contribution in [3.8, 4) is 0 Å². The molecule has 2 amide bonds. The van der Waals surface area contributed by atoms with E-state index < -0.39 is 24.2 Å². The molecule has 1 aromatic carbocycles. The second-order valence-corrected chi connectivity index (χ2v) is 6.00. The van der Waals surface area contributed by atoms with E-state index in [4.69, 9.17) is 9.84 Å². The molecule has 2 aliphatic rings. The molecule has 0 radical (unpaired) electrons. The lowest BCUT2D eigenvalue weighted by Crippen LogP contribution is -2.39. The third-order valence-corrected chi connectivity index (χ3v) is 4.40. The zero-order valence-electron chi connectivity index (χ0n) is 13.1. The van der Waals surface area contributed by atoms with Gasteiger partial charge in [0.1, 0.15) is 18.0 Å². The molecule has 1 fully saturated rings. The first kappa shape index (κ1) is 16.2. The molecule has 0 bridgehead atoms. The summed E-state index contributed by atoms with van der Waals surface area (Å²) < 4.78 is 19.1. The predicted octanol–water partition coefficient (Wildman–Crippen LogP) is 1.35. The van der Waals surface area contributed by atoms with Crippen LogP contribution in [0.4, 0.5) is 9.18 Å². The lowest BCUT2D eigenvalue weighted by molar-refractivity contribution is -0.147. The Morgan fingerprint density at radius 3 is 2.62 bits per heavy atom. The van der Waals surface area contributed by atoms with Gasteiger partial charge in [-0.1, -0.05) is 12.1 Å². The molecule has 2 atom stereocenters. The maximum absolute atomic E-state index is 13.7. The third kappa shape index (κ3) is 2.91. The van der Waals surface area contributed by atoms with E-state index in [9.17, 15) is 18.8 Å². The van der Waals surface area contributed by atoms with Gasteiger partial charge in [-0.25, -0.2) is 14.0 Å². The SMILES string of the molecule is CC(=O)N1C[C@H](OC(=O)N2Cc3cccc(F)c3C2)C[C@H]1C(=O)O. The zero-order valence-corrected chi connectivity index (χ0v) is 13.1. The second kappa shape index (κ2) is 6.10.